The van der Waals surface area contributed by atoms with Crippen molar-refractivity contribution < 1.29 is 4.79 Å². The maximum absolute atomic E-state index is 12.1. The van der Waals surface area contributed by atoms with Crippen LogP contribution >= 0.6 is 16.1 Å². The summed E-state index contributed by atoms with van der Waals surface area (Å²) in [6, 6.07) is 0. The van der Waals surface area contributed by atoms with Crippen LogP contribution in [0.25, 0.3) is 0 Å². The van der Waals surface area contributed by atoms with E-state index >= 15 is 0 Å². The Morgan fingerprint density at radius 1 is 1.38 bits per heavy atom. The number of hydrogen-bond acceptors (Lipinski definition) is 1. The van der Waals surface area contributed by atoms with Gasteiger partial charge in [-0.05, 0) is 0 Å². The minimum atomic E-state index is -0.288. The number of rotatable bonds is 6. The molecular weight excluding hydrogens is 236 g/mol. The molecule has 0 aromatic rings. The van der Waals surface area contributed by atoms with Crippen LogP contribution in [0, 0.1) is 17.7 Å². The second-order valence-corrected chi connectivity index (χ2v) is 6.20. The third-order valence-corrected chi connectivity index (χ3v) is 4.58. The van der Waals surface area contributed by atoms with Crippen molar-refractivity contribution in [3.63, 3.8) is 0 Å². The molecule has 0 heterocycles. The van der Waals surface area contributed by atoms with E-state index in [-0.39, 0.29) is 16.8 Å². The summed E-state index contributed by atoms with van der Waals surface area (Å²) in [6.45, 7) is 6.19. The normalized spacial score (nSPS) is 15.8. The van der Waals surface area contributed by atoms with Crippen LogP contribution in [0.5, 0.6) is 0 Å². The van der Waals surface area contributed by atoms with E-state index in [1.807, 2.05) is 13.8 Å². The van der Waals surface area contributed by atoms with Crippen molar-refractivity contribution in [2.24, 2.45) is 5.41 Å². The number of carbonyl (C=O) groups is 1. The molecule has 0 aliphatic rings. The average Bonchev–Trinajstić information content (AvgIpc) is 2.32. The first kappa shape index (κ1) is 15.9. The quantitative estimate of drug-likeness (QED) is 0.714. The fourth-order valence-electron chi connectivity index (χ4n) is 1.42. The molecule has 1 atom stereocenters. The van der Waals surface area contributed by atoms with Gasteiger partial charge in [0.2, 0.25) is 0 Å². The fourth-order valence-corrected chi connectivity index (χ4v) is 2.11. The molecule has 88 valence electrons. The Morgan fingerprint density at radius 2 is 1.94 bits per heavy atom. The molecule has 0 radical (unpaired) electrons. The van der Waals surface area contributed by atoms with Gasteiger partial charge >= 0.3 is 102 Å². The van der Waals surface area contributed by atoms with Gasteiger partial charge in [-0.1, -0.05) is 0 Å². The molecule has 0 aromatic carbocycles. The topological polar surface area (TPSA) is 29.1 Å². The zero-order valence-electron chi connectivity index (χ0n) is 10.4. The van der Waals surface area contributed by atoms with E-state index in [1.165, 1.54) is 0 Å². The monoisotopic (exact) mass is 257 g/mol. The molecule has 1 unspecified atom stereocenters. The van der Waals surface area contributed by atoms with Crippen molar-refractivity contribution in [1.29, 1.82) is 0 Å². The Bertz CT molecular complexity index is 302. The van der Waals surface area contributed by atoms with Gasteiger partial charge in [-0.2, -0.15) is 0 Å². The molecule has 2 nitrogen and oxygen atoms in total. The third kappa shape index (κ3) is 4.82. The summed E-state index contributed by atoms with van der Waals surface area (Å²) in [7, 11) is 1.23. The zero-order valence-corrected chi connectivity index (χ0v) is 12.2. The zero-order chi connectivity index (χ0) is 12.6. The Kier molecular flexibility index (Phi) is 8.00. The minimum absolute atomic E-state index is 0.0735. The van der Waals surface area contributed by atoms with Crippen molar-refractivity contribution in [2.75, 3.05) is 0 Å². The predicted octanol–water partition coefficient (Wildman–Crippen LogP) is 4.06. The summed E-state index contributed by atoms with van der Waals surface area (Å²) >= 11 is 0. The van der Waals surface area contributed by atoms with E-state index < -0.39 is 0 Å². The molecule has 0 aliphatic carbocycles. The Hall–Kier alpha value is -0.110. The molecule has 0 aromatic heterocycles. The van der Waals surface area contributed by atoms with Gasteiger partial charge in [-0.15, -0.1) is 0 Å². The van der Waals surface area contributed by atoms with Crippen LogP contribution in [0.15, 0.2) is 0 Å². The Morgan fingerprint density at radius 3 is 2.31 bits per heavy atom. The van der Waals surface area contributed by atoms with Crippen LogP contribution in [-0.4, -0.2) is 11.4 Å². The average molecular weight is 257 g/mol. The second-order valence-electron chi connectivity index (χ2n) is 4.16. The second kappa shape index (κ2) is 8.05. The van der Waals surface area contributed by atoms with Crippen LogP contribution in [0.4, 0.5) is 0 Å². The molecule has 0 spiro atoms. The maximum atomic E-state index is 12.1. The van der Waals surface area contributed by atoms with Gasteiger partial charge < -0.3 is 0 Å². The van der Waals surface area contributed by atoms with Crippen LogP contribution in [0.2, 0.25) is 0 Å². The number of unbranched alkanes of at least 4 members (excludes halogenated alkanes) is 1. The van der Waals surface area contributed by atoms with Crippen molar-refractivity contribution in [1.82, 2.24) is 5.32 Å². The molecule has 0 aliphatic heterocycles. The summed E-state index contributed by atoms with van der Waals surface area (Å²) in [5.41, 5.74) is -0.441. The fraction of sp³-hybridized carbons (Fsp3) is 0.750. The van der Waals surface area contributed by atoms with Gasteiger partial charge in [0.15, 0.2) is 0 Å². The van der Waals surface area contributed by atoms with Gasteiger partial charge in [-0.3, -0.25) is 0 Å². The van der Waals surface area contributed by atoms with Crippen molar-refractivity contribution >= 4 is 22.0 Å². The summed E-state index contributed by atoms with van der Waals surface area (Å²) in [6.07, 6.45) is 14.9. The number of hydrogen-bond donors (Lipinski definition) is 1. The summed E-state index contributed by atoms with van der Waals surface area (Å²) in [5, 5.41) is 2.90. The first-order valence-corrected chi connectivity index (χ1v) is 7.71. The first-order valence-electron chi connectivity index (χ1n) is 5.65. The van der Waals surface area contributed by atoms with Crippen molar-refractivity contribution in [2.45, 2.75) is 52.0 Å². The van der Waals surface area contributed by atoms with Gasteiger partial charge in [0.05, 0.1) is 0 Å². The summed E-state index contributed by atoms with van der Waals surface area (Å²) in [5.74, 6) is 0.0735. The summed E-state index contributed by atoms with van der Waals surface area (Å²) < 4.78 is 0. The van der Waals surface area contributed by atoms with Gasteiger partial charge in [0.1, 0.15) is 0 Å². The van der Waals surface area contributed by atoms with Crippen molar-refractivity contribution in [3.8, 4) is 12.3 Å². The standard InChI is InChI=1S/C12H20NOP2/c1-6-8-9-12(3,7-2)10(14)13-11(15-4)16-5/h4-5,11H,6-9H2,1-3H3/q+1/p+1. The molecule has 0 fully saturated rings. The van der Waals surface area contributed by atoms with Gasteiger partial charge in [0, 0.05) is 0 Å². The van der Waals surface area contributed by atoms with Crippen LogP contribution < -0.4 is 5.32 Å². The van der Waals surface area contributed by atoms with Crippen LogP contribution in [0.1, 0.15) is 46.5 Å². The Balaban J connectivity index is 4.54. The molecule has 0 saturated heterocycles. The van der Waals surface area contributed by atoms with E-state index in [4.69, 9.17) is 12.3 Å². The molecule has 0 rings (SSSR count). The first-order chi connectivity index (χ1) is 7.53. The third-order valence-electron chi connectivity index (χ3n) is 2.95. The number of carbonyl (C=O) groups excluding carboxylic acids is 1. The van der Waals surface area contributed by atoms with Crippen molar-refractivity contribution in [3.05, 3.63) is 0 Å². The molecule has 4 heteroatoms. The number of amides is 1. The SMILES string of the molecule is C#[P+]C(NC(=O)C(C)(CC)CCCC)[P+]#C. The van der Waals surface area contributed by atoms with Crippen LogP contribution in [-0.2, 0) is 4.79 Å². The van der Waals surface area contributed by atoms with E-state index in [2.05, 4.69) is 12.2 Å². The molecule has 0 bridgehead atoms. The van der Waals surface area contributed by atoms with E-state index in [0.29, 0.717) is 16.1 Å². The molecular formula is C12H21NOP2+2. The molecule has 0 saturated carbocycles. The summed E-state index contributed by atoms with van der Waals surface area (Å²) in [4.78, 5) is 12.1. The number of nitrogens with one attached hydrogen (secondary N) is 1. The van der Waals surface area contributed by atoms with Gasteiger partial charge in [0.25, 0.3) is 0 Å². The van der Waals surface area contributed by atoms with E-state index in [9.17, 15) is 4.79 Å². The molecule has 1 amide bonds. The van der Waals surface area contributed by atoms with Crippen LogP contribution in [0.3, 0.4) is 0 Å². The van der Waals surface area contributed by atoms with Gasteiger partial charge in [-0.25, -0.2) is 0 Å². The predicted molar refractivity (Wildman–Crippen MR) is 73.6 cm³/mol. The van der Waals surface area contributed by atoms with E-state index in [1.54, 1.807) is 0 Å². The molecule has 16 heavy (non-hydrogen) atoms. The Labute approximate surface area is 102 Å². The molecule has 1 N–H and O–H groups in total. The van der Waals surface area contributed by atoms with E-state index in [0.717, 1.165) is 25.7 Å².